The molecule has 1 aliphatic heterocycles. The summed E-state index contributed by atoms with van der Waals surface area (Å²) in [5.74, 6) is -0.554. The minimum atomic E-state index is -0.831. The van der Waals surface area contributed by atoms with Gasteiger partial charge in [0.05, 0.1) is 10.3 Å². The summed E-state index contributed by atoms with van der Waals surface area (Å²) in [5, 5.41) is 20.6. The number of pyridine rings is 1. The average Bonchev–Trinajstić information content (AvgIpc) is 2.84. The van der Waals surface area contributed by atoms with Gasteiger partial charge in [0.2, 0.25) is 5.82 Å². The largest absolute Gasteiger partial charge is 0.481 e. The molecule has 1 atom stereocenters. The van der Waals surface area contributed by atoms with Crippen LogP contribution in [-0.4, -0.2) is 34.1 Å². The van der Waals surface area contributed by atoms with E-state index in [2.05, 4.69) is 4.98 Å². The zero-order valence-electron chi connectivity index (χ0n) is 12.2. The first-order chi connectivity index (χ1) is 9.89. The Balaban J connectivity index is 2.35. The molecule has 7 heteroatoms. The van der Waals surface area contributed by atoms with E-state index in [9.17, 15) is 20.0 Å². The van der Waals surface area contributed by atoms with Crippen LogP contribution in [0.2, 0.25) is 0 Å². The van der Waals surface area contributed by atoms with Gasteiger partial charge in [-0.2, -0.15) is 0 Å². The maximum Gasteiger partial charge on any atom is 0.311 e. The highest BCUT2D eigenvalue weighted by Crippen LogP contribution is 2.39. The van der Waals surface area contributed by atoms with Crippen LogP contribution < -0.4 is 4.90 Å². The van der Waals surface area contributed by atoms with Gasteiger partial charge < -0.3 is 10.0 Å². The van der Waals surface area contributed by atoms with E-state index in [1.807, 2.05) is 6.92 Å². The lowest BCUT2D eigenvalue weighted by Gasteiger charge is -2.24. The van der Waals surface area contributed by atoms with Gasteiger partial charge in [-0.3, -0.25) is 14.9 Å². The molecule has 0 bridgehead atoms. The lowest BCUT2D eigenvalue weighted by atomic mass is 9.83. The molecule has 2 rings (SSSR count). The molecule has 1 aromatic heterocycles. The summed E-state index contributed by atoms with van der Waals surface area (Å²) in [6.07, 6.45) is 1.82. The van der Waals surface area contributed by atoms with E-state index in [-0.39, 0.29) is 18.1 Å². The molecule has 0 radical (unpaired) electrons. The van der Waals surface area contributed by atoms with Crippen LogP contribution >= 0.6 is 0 Å². The summed E-state index contributed by atoms with van der Waals surface area (Å²) >= 11 is 0. The molecular formula is C14H19N3O4. The molecule has 1 aromatic rings. The zero-order valence-corrected chi connectivity index (χ0v) is 12.2. The number of nitrogens with zero attached hydrogens (tertiary/aromatic N) is 3. The number of aromatic nitrogens is 1. The number of aliphatic carboxylic acids is 1. The van der Waals surface area contributed by atoms with Crippen LogP contribution in [0.25, 0.3) is 0 Å². The maximum absolute atomic E-state index is 11.6. The predicted octanol–water partition coefficient (Wildman–Crippen LogP) is 2.38. The molecule has 1 saturated heterocycles. The van der Waals surface area contributed by atoms with E-state index in [1.165, 1.54) is 6.07 Å². The number of nitro groups is 1. The number of carbonyl (C=O) groups is 1. The number of carboxylic acids is 1. The molecule has 1 N–H and O–H groups in total. The topological polar surface area (TPSA) is 96.6 Å². The van der Waals surface area contributed by atoms with E-state index in [1.54, 1.807) is 17.9 Å². The Morgan fingerprint density at radius 1 is 1.57 bits per heavy atom. The van der Waals surface area contributed by atoms with E-state index >= 15 is 0 Å². The highest BCUT2D eigenvalue weighted by molar-refractivity contribution is 5.77. The Morgan fingerprint density at radius 3 is 2.86 bits per heavy atom. The first kappa shape index (κ1) is 15.2. The number of hydrogen-bond acceptors (Lipinski definition) is 5. The number of carboxylic acid groups (broad SMARTS) is 1. The first-order valence-electron chi connectivity index (χ1n) is 7.00. The van der Waals surface area contributed by atoms with E-state index in [4.69, 9.17) is 0 Å². The fraction of sp³-hybridized carbons (Fsp3) is 0.571. The van der Waals surface area contributed by atoms with Gasteiger partial charge in [-0.1, -0.05) is 13.3 Å². The molecular weight excluding hydrogens is 274 g/mol. The monoisotopic (exact) mass is 293 g/mol. The van der Waals surface area contributed by atoms with Crippen LogP contribution in [0.5, 0.6) is 0 Å². The van der Waals surface area contributed by atoms with Gasteiger partial charge in [-0.25, -0.2) is 4.98 Å². The van der Waals surface area contributed by atoms with Crippen molar-refractivity contribution in [2.24, 2.45) is 5.41 Å². The van der Waals surface area contributed by atoms with Crippen molar-refractivity contribution in [2.75, 3.05) is 18.0 Å². The van der Waals surface area contributed by atoms with Gasteiger partial charge in [0.25, 0.3) is 0 Å². The summed E-state index contributed by atoms with van der Waals surface area (Å²) in [5.41, 5.74) is -0.217. The van der Waals surface area contributed by atoms with Gasteiger partial charge in [0, 0.05) is 24.8 Å². The molecule has 7 nitrogen and oxygen atoms in total. The fourth-order valence-electron chi connectivity index (χ4n) is 2.93. The maximum atomic E-state index is 11.6. The highest BCUT2D eigenvalue weighted by Gasteiger charge is 2.45. The summed E-state index contributed by atoms with van der Waals surface area (Å²) < 4.78 is 0. The van der Waals surface area contributed by atoms with Crippen molar-refractivity contribution in [1.82, 2.24) is 4.98 Å². The third kappa shape index (κ3) is 2.81. The summed E-state index contributed by atoms with van der Waals surface area (Å²) in [6.45, 7) is 4.46. The molecule has 0 spiro atoms. The number of rotatable bonds is 5. The second kappa shape index (κ2) is 5.67. The van der Waals surface area contributed by atoms with Crippen LogP contribution in [0, 0.1) is 22.5 Å². The summed E-state index contributed by atoms with van der Waals surface area (Å²) in [6, 6.07) is 3.02. The van der Waals surface area contributed by atoms with Crippen molar-refractivity contribution in [3.05, 3.63) is 27.9 Å². The fourth-order valence-corrected chi connectivity index (χ4v) is 2.93. The normalized spacial score (nSPS) is 21.5. The van der Waals surface area contributed by atoms with Gasteiger partial charge in [0.1, 0.15) is 0 Å². The van der Waals surface area contributed by atoms with Gasteiger partial charge in [-0.15, -0.1) is 0 Å². The number of hydrogen-bond donors (Lipinski definition) is 1. The SMILES string of the molecule is CCCC1(C(=O)O)CCN(c2nc(C)ccc2[N+](=O)[O-])C1. The van der Waals surface area contributed by atoms with Crippen molar-refractivity contribution >= 4 is 17.5 Å². The van der Waals surface area contributed by atoms with Crippen molar-refractivity contribution in [3.63, 3.8) is 0 Å². The van der Waals surface area contributed by atoms with Crippen LogP contribution in [0.15, 0.2) is 12.1 Å². The number of anilines is 1. The average molecular weight is 293 g/mol. The minimum Gasteiger partial charge on any atom is -0.481 e. The third-order valence-corrected chi connectivity index (χ3v) is 4.03. The molecule has 0 aromatic carbocycles. The second-order valence-electron chi connectivity index (χ2n) is 5.56. The summed E-state index contributed by atoms with van der Waals surface area (Å²) in [7, 11) is 0. The second-order valence-corrected chi connectivity index (χ2v) is 5.56. The third-order valence-electron chi connectivity index (χ3n) is 4.03. The molecule has 21 heavy (non-hydrogen) atoms. The Hall–Kier alpha value is -2.18. The Labute approximate surface area is 122 Å². The summed E-state index contributed by atoms with van der Waals surface area (Å²) in [4.78, 5) is 28.2. The van der Waals surface area contributed by atoms with Crippen molar-refractivity contribution in [3.8, 4) is 0 Å². The van der Waals surface area contributed by atoms with Gasteiger partial charge in [-0.05, 0) is 25.8 Å². The molecule has 0 aliphatic carbocycles. The predicted molar refractivity (Wildman–Crippen MR) is 77.4 cm³/mol. The molecule has 1 unspecified atom stereocenters. The Kier molecular flexibility index (Phi) is 4.11. The standard InChI is InChI=1S/C14H19N3O4/c1-3-6-14(13(18)19)7-8-16(9-14)12-11(17(20)21)5-4-10(2)15-12/h4-5H,3,6-9H2,1-2H3,(H,18,19). The molecule has 0 amide bonds. The molecule has 1 fully saturated rings. The van der Waals surface area contributed by atoms with Crippen molar-refractivity contribution in [2.45, 2.75) is 33.1 Å². The van der Waals surface area contributed by atoms with Crippen molar-refractivity contribution < 1.29 is 14.8 Å². The van der Waals surface area contributed by atoms with Crippen LogP contribution in [0.4, 0.5) is 11.5 Å². The van der Waals surface area contributed by atoms with Gasteiger partial charge >= 0.3 is 11.7 Å². The molecule has 114 valence electrons. The first-order valence-corrected chi connectivity index (χ1v) is 7.00. The van der Waals surface area contributed by atoms with E-state index < -0.39 is 16.3 Å². The van der Waals surface area contributed by atoms with Crippen LogP contribution in [0.3, 0.4) is 0 Å². The van der Waals surface area contributed by atoms with Crippen LogP contribution in [-0.2, 0) is 4.79 Å². The van der Waals surface area contributed by atoms with E-state index in [0.717, 1.165) is 6.42 Å². The minimum absolute atomic E-state index is 0.0710. The van der Waals surface area contributed by atoms with Gasteiger partial charge in [0.15, 0.2) is 0 Å². The zero-order chi connectivity index (χ0) is 15.6. The lowest BCUT2D eigenvalue weighted by molar-refractivity contribution is -0.384. The molecule has 1 aliphatic rings. The Bertz CT molecular complexity index is 575. The highest BCUT2D eigenvalue weighted by atomic mass is 16.6. The van der Waals surface area contributed by atoms with Crippen LogP contribution in [0.1, 0.15) is 31.9 Å². The van der Waals surface area contributed by atoms with Crippen molar-refractivity contribution in [1.29, 1.82) is 0 Å². The quantitative estimate of drug-likeness (QED) is 0.661. The van der Waals surface area contributed by atoms with E-state index in [0.29, 0.717) is 25.1 Å². The smallest absolute Gasteiger partial charge is 0.311 e. The Morgan fingerprint density at radius 2 is 2.29 bits per heavy atom. The number of aryl methyl sites for hydroxylation is 1. The lowest BCUT2D eigenvalue weighted by Crippen LogP contribution is -2.35. The molecule has 2 heterocycles. The molecule has 0 saturated carbocycles.